The number of nitrogens with zero attached hydrogens (tertiary/aromatic N) is 2. The Hall–Kier alpha value is -0.500. The highest BCUT2D eigenvalue weighted by molar-refractivity contribution is 8.03. The van der Waals surface area contributed by atoms with Gasteiger partial charge in [-0.05, 0) is 24.6 Å². The van der Waals surface area contributed by atoms with Gasteiger partial charge in [0.25, 0.3) is 0 Å². The Balaban J connectivity index is 1.93. The van der Waals surface area contributed by atoms with Gasteiger partial charge in [-0.15, -0.1) is 22.0 Å². The van der Waals surface area contributed by atoms with E-state index in [1.807, 2.05) is 36.8 Å². The predicted octanol–water partition coefficient (Wildman–Crippen LogP) is 3.96. The first kappa shape index (κ1) is 14.9. The molecule has 1 heterocycles. The Kier molecular flexibility index (Phi) is 5.75. The van der Waals surface area contributed by atoms with Crippen LogP contribution in [0.3, 0.4) is 0 Å². The fourth-order valence-electron chi connectivity index (χ4n) is 1.33. The number of hydrogen-bond acceptors (Lipinski definition) is 7. The van der Waals surface area contributed by atoms with E-state index in [1.54, 1.807) is 23.5 Å². The molecule has 0 fully saturated rings. The number of thioether (sulfide) groups is 3. The molecule has 0 spiro atoms. The van der Waals surface area contributed by atoms with Crippen LogP contribution in [0.25, 0.3) is 0 Å². The Morgan fingerprint density at radius 2 is 1.79 bits per heavy atom. The van der Waals surface area contributed by atoms with Crippen LogP contribution in [-0.4, -0.2) is 34.2 Å². The van der Waals surface area contributed by atoms with E-state index >= 15 is 0 Å². The van der Waals surface area contributed by atoms with Gasteiger partial charge in [0, 0.05) is 10.5 Å². The van der Waals surface area contributed by atoms with E-state index in [4.69, 9.17) is 0 Å². The SMILES string of the molecule is CSc1ccc(C(=O)CSc2nnc(SC)s2)cc1. The Labute approximate surface area is 129 Å². The molecule has 2 rings (SSSR count). The van der Waals surface area contributed by atoms with Crippen molar-refractivity contribution in [3.05, 3.63) is 29.8 Å². The average Bonchev–Trinajstić information content (AvgIpc) is 2.93. The fourth-order valence-corrected chi connectivity index (χ4v) is 4.07. The van der Waals surface area contributed by atoms with Gasteiger partial charge in [-0.3, -0.25) is 4.79 Å². The van der Waals surface area contributed by atoms with Crippen molar-refractivity contribution in [2.45, 2.75) is 13.6 Å². The molecule has 1 aromatic heterocycles. The van der Waals surface area contributed by atoms with Crippen molar-refractivity contribution in [2.24, 2.45) is 0 Å². The van der Waals surface area contributed by atoms with Crippen LogP contribution in [0.15, 0.2) is 37.8 Å². The van der Waals surface area contributed by atoms with Gasteiger partial charge in [-0.1, -0.05) is 47.0 Å². The summed E-state index contributed by atoms with van der Waals surface area (Å²) in [5.41, 5.74) is 0.750. The maximum Gasteiger partial charge on any atom is 0.175 e. The normalized spacial score (nSPS) is 10.6. The summed E-state index contributed by atoms with van der Waals surface area (Å²) in [6.45, 7) is 0. The van der Waals surface area contributed by atoms with Crippen LogP contribution in [-0.2, 0) is 0 Å². The van der Waals surface area contributed by atoms with Crippen molar-refractivity contribution in [3.63, 3.8) is 0 Å². The van der Waals surface area contributed by atoms with Gasteiger partial charge in [-0.2, -0.15) is 0 Å². The topological polar surface area (TPSA) is 42.9 Å². The third kappa shape index (κ3) is 4.24. The molecule has 19 heavy (non-hydrogen) atoms. The largest absolute Gasteiger partial charge is 0.293 e. The standard InChI is InChI=1S/C12H12N2OS4/c1-16-9-5-3-8(4-6-9)10(15)7-18-12-14-13-11(17-2)19-12/h3-6H,7H2,1-2H3. The first-order valence-electron chi connectivity index (χ1n) is 5.40. The number of ketones is 1. The summed E-state index contributed by atoms with van der Waals surface area (Å²) < 4.78 is 1.78. The lowest BCUT2D eigenvalue weighted by atomic mass is 10.1. The summed E-state index contributed by atoms with van der Waals surface area (Å²) in [7, 11) is 0. The van der Waals surface area contributed by atoms with Crippen LogP contribution in [0.5, 0.6) is 0 Å². The average molecular weight is 329 g/mol. The van der Waals surface area contributed by atoms with Crippen molar-refractivity contribution >= 4 is 52.4 Å². The van der Waals surface area contributed by atoms with E-state index in [-0.39, 0.29) is 5.78 Å². The number of rotatable bonds is 6. The molecule has 0 radical (unpaired) electrons. The molecule has 0 unspecified atom stereocenters. The Bertz CT molecular complexity index is 553. The smallest absolute Gasteiger partial charge is 0.175 e. The highest BCUT2D eigenvalue weighted by Crippen LogP contribution is 2.27. The molecule has 1 aromatic carbocycles. The van der Waals surface area contributed by atoms with Crippen molar-refractivity contribution in [2.75, 3.05) is 18.3 Å². The molecule has 0 atom stereocenters. The van der Waals surface area contributed by atoms with E-state index in [1.165, 1.54) is 23.1 Å². The quantitative estimate of drug-likeness (QED) is 0.591. The second kappa shape index (κ2) is 7.33. The lowest BCUT2D eigenvalue weighted by molar-refractivity contribution is 0.102. The maximum absolute atomic E-state index is 12.0. The van der Waals surface area contributed by atoms with E-state index in [0.29, 0.717) is 5.75 Å². The number of hydrogen-bond donors (Lipinski definition) is 0. The summed E-state index contributed by atoms with van der Waals surface area (Å²) in [5.74, 6) is 0.528. The molecule has 2 aromatic rings. The third-order valence-electron chi connectivity index (χ3n) is 2.30. The van der Waals surface area contributed by atoms with Gasteiger partial charge in [0.05, 0.1) is 5.75 Å². The molecule has 0 bridgehead atoms. The third-order valence-corrected chi connectivity index (χ3v) is 6.08. The van der Waals surface area contributed by atoms with Crippen LogP contribution in [0.1, 0.15) is 10.4 Å². The summed E-state index contributed by atoms with van der Waals surface area (Å²) in [5, 5.41) is 8.04. The zero-order chi connectivity index (χ0) is 13.7. The van der Waals surface area contributed by atoms with Gasteiger partial charge in [-0.25, -0.2) is 0 Å². The molecular weight excluding hydrogens is 316 g/mol. The summed E-state index contributed by atoms with van der Waals surface area (Å²) in [6.07, 6.45) is 3.98. The molecular formula is C12H12N2OS4. The number of aromatic nitrogens is 2. The summed E-state index contributed by atoms with van der Waals surface area (Å²) >= 11 is 6.21. The molecule has 0 aliphatic rings. The minimum atomic E-state index is 0.124. The lowest BCUT2D eigenvalue weighted by Crippen LogP contribution is -2.01. The van der Waals surface area contributed by atoms with E-state index in [9.17, 15) is 4.79 Å². The minimum absolute atomic E-state index is 0.124. The maximum atomic E-state index is 12.0. The van der Waals surface area contributed by atoms with Gasteiger partial charge >= 0.3 is 0 Å². The van der Waals surface area contributed by atoms with Crippen LogP contribution < -0.4 is 0 Å². The zero-order valence-electron chi connectivity index (χ0n) is 10.5. The summed E-state index contributed by atoms with van der Waals surface area (Å²) in [4.78, 5) is 13.2. The second-order valence-electron chi connectivity index (χ2n) is 3.48. The number of carbonyl (C=O) groups is 1. The molecule has 3 nitrogen and oxygen atoms in total. The highest BCUT2D eigenvalue weighted by atomic mass is 32.2. The molecule has 0 aliphatic heterocycles. The van der Waals surface area contributed by atoms with E-state index < -0.39 is 0 Å². The first-order chi connectivity index (χ1) is 9.22. The predicted molar refractivity (Wildman–Crippen MR) is 85.0 cm³/mol. The summed E-state index contributed by atoms with van der Waals surface area (Å²) in [6, 6.07) is 7.70. The zero-order valence-corrected chi connectivity index (χ0v) is 13.7. The lowest BCUT2D eigenvalue weighted by Gasteiger charge is -2.00. The molecule has 7 heteroatoms. The van der Waals surface area contributed by atoms with Crippen LogP contribution in [0.2, 0.25) is 0 Å². The second-order valence-corrected chi connectivity index (χ2v) is 7.61. The van der Waals surface area contributed by atoms with Crippen LogP contribution in [0, 0.1) is 0 Å². The Morgan fingerprint density at radius 1 is 1.11 bits per heavy atom. The van der Waals surface area contributed by atoms with Crippen molar-refractivity contribution in [1.82, 2.24) is 10.2 Å². The van der Waals surface area contributed by atoms with E-state index in [2.05, 4.69) is 10.2 Å². The monoisotopic (exact) mass is 328 g/mol. The molecule has 0 amide bonds. The Morgan fingerprint density at radius 3 is 2.37 bits per heavy atom. The molecule has 0 saturated carbocycles. The van der Waals surface area contributed by atoms with Gasteiger partial charge < -0.3 is 0 Å². The molecule has 0 N–H and O–H groups in total. The minimum Gasteiger partial charge on any atom is -0.293 e. The van der Waals surface area contributed by atoms with Crippen LogP contribution >= 0.6 is 46.6 Å². The number of Topliss-reactive ketones (excluding diaryl/α,β-unsaturated/α-hetero) is 1. The molecule has 0 saturated heterocycles. The van der Waals surface area contributed by atoms with Crippen molar-refractivity contribution in [3.8, 4) is 0 Å². The molecule has 0 aliphatic carbocycles. The van der Waals surface area contributed by atoms with E-state index in [0.717, 1.165) is 19.1 Å². The van der Waals surface area contributed by atoms with Crippen molar-refractivity contribution in [1.29, 1.82) is 0 Å². The van der Waals surface area contributed by atoms with Crippen LogP contribution in [0.4, 0.5) is 0 Å². The first-order valence-corrected chi connectivity index (χ1v) is 9.65. The number of benzene rings is 1. The van der Waals surface area contributed by atoms with Gasteiger partial charge in [0.2, 0.25) is 0 Å². The highest BCUT2D eigenvalue weighted by Gasteiger charge is 2.09. The van der Waals surface area contributed by atoms with Gasteiger partial charge in [0.1, 0.15) is 0 Å². The number of carbonyl (C=O) groups excluding carboxylic acids is 1. The fraction of sp³-hybridized carbons (Fsp3) is 0.250. The van der Waals surface area contributed by atoms with Crippen molar-refractivity contribution < 1.29 is 4.79 Å². The van der Waals surface area contributed by atoms with Gasteiger partial charge in [0.15, 0.2) is 14.5 Å². The molecule has 100 valence electrons.